The molecular formula is C6H7O8Zn2. The van der Waals surface area contributed by atoms with Gasteiger partial charge in [-0.1, -0.05) is 0 Å². The number of hydrogen-bond acceptors (Lipinski definition) is 5. The minimum absolute atomic E-state index is 0. The van der Waals surface area contributed by atoms with Crippen LogP contribution in [-0.4, -0.2) is 38.8 Å². The Kier molecular flexibility index (Phi) is 8.51. The summed E-state index contributed by atoms with van der Waals surface area (Å²) in [4.78, 5) is 31.4. The van der Waals surface area contributed by atoms with Gasteiger partial charge in [0.05, 0.1) is 0 Å². The van der Waals surface area contributed by atoms with E-state index in [1.54, 1.807) is 0 Å². The molecule has 16 heavy (non-hydrogen) atoms. The first-order valence-corrected chi connectivity index (χ1v) is 6.15. The minimum Gasteiger partial charge on any atom is 0 e. The predicted molar refractivity (Wildman–Crippen MR) is 36.6 cm³/mol. The Labute approximate surface area is 110 Å². The SMILES string of the molecule is [O]=[Zn][O]C(CC(=O)O)(CC(=O)O)C(=O)O.[Zn]. The van der Waals surface area contributed by atoms with Gasteiger partial charge in [-0.05, 0) is 0 Å². The standard InChI is InChI=1S/C6H7O7.O.2Zn/c7-3(8)1-6(13,5(11)12)2-4(9)10;;;/h1-2H2,(H,7,8)(H,9,10)(H,11,12);;;/q-1;;;+1. The summed E-state index contributed by atoms with van der Waals surface area (Å²) in [6.07, 6.45) is -2.08. The fraction of sp³-hybridized carbons (Fsp3) is 0.500. The van der Waals surface area contributed by atoms with Crippen LogP contribution >= 0.6 is 0 Å². The molecule has 0 unspecified atom stereocenters. The van der Waals surface area contributed by atoms with Crippen LogP contribution in [0.3, 0.4) is 0 Å². The third-order valence-corrected chi connectivity index (χ3v) is 3.01. The van der Waals surface area contributed by atoms with E-state index in [4.69, 9.17) is 15.3 Å². The fourth-order valence-electron chi connectivity index (χ4n) is 0.979. The van der Waals surface area contributed by atoms with Gasteiger partial charge in [0.25, 0.3) is 0 Å². The summed E-state index contributed by atoms with van der Waals surface area (Å²) < 4.78 is 14.7. The fourth-order valence-corrected chi connectivity index (χ4v) is 2.14. The maximum absolute atomic E-state index is 10.7. The van der Waals surface area contributed by atoms with E-state index in [-0.39, 0.29) is 19.5 Å². The van der Waals surface area contributed by atoms with Gasteiger partial charge in [0.15, 0.2) is 0 Å². The molecule has 0 aromatic rings. The van der Waals surface area contributed by atoms with Gasteiger partial charge in [-0.2, -0.15) is 0 Å². The van der Waals surface area contributed by atoms with Gasteiger partial charge in [-0.25, -0.2) is 0 Å². The van der Waals surface area contributed by atoms with Crippen molar-refractivity contribution >= 4 is 17.9 Å². The van der Waals surface area contributed by atoms with Crippen molar-refractivity contribution in [2.45, 2.75) is 18.4 Å². The smallest absolute Gasteiger partial charge is 0 e. The van der Waals surface area contributed by atoms with Crippen molar-refractivity contribution in [1.29, 1.82) is 0 Å². The Morgan fingerprint density at radius 2 is 1.44 bits per heavy atom. The van der Waals surface area contributed by atoms with Gasteiger partial charge in [-0.15, -0.1) is 0 Å². The van der Waals surface area contributed by atoms with Crippen molar-refractivity contribution in [3.05, 3.63) is 0 Å². The summed E-state index contributed by atoms with van der Waals surface area (Å²) in [5.41, 5.74) is -2.42. The largest absolute Gasteiger partial charge is 0 e. The summed E-state index contributed by atoms with van der Waals surface area (Å²) in [6.45, 7) is 0. The topological polar surface area (TPSA) is 138 Å². The van der Waals surface area contributed by atoms with Gasteiger partial charge in [-0.3, -0.25) is 0 Å². The van der Waals surface area contributed by atoms with Crippen molar-refractivity contribution < 1.29 is 73.8 Å². The third-order valence-electron chi connectivity index (χ3n) is 1.60. The molecule has 0 saturated carbocycles. The number of aliphatic carboxylic acids is 3. The molecule has 0 heterocycles. The van der Waals surface area contributed by atoms with E-state index in [9.17, 15) is 18.0 Å². The summed E-state index contributed by atoms with van der Waals surface area (Å²) in [5, 5.41) is 25.5. The molecule has 0 aliphatic heterocycles. The molecule has 0 aromatic carbocycles. The Morgan fingerprint density at radius 3 is 1.62 bits per heavy atom. The molecule has 0 aromatic heterocycles. The predicted octanol–water partition coefficient (Wildman–Crippen LogP) is -0.884. The van der Waals surface area contributed by atoms with Crippen molar-refractivity contribution in [3.8, 4) is 0 Å². The quantitative estimate of drug-likeness (QED) is 0.509. The maximum Gasteiger partial charge on any atom is 0 e. The van der Waals surface area contributed by atoms with Crippen LogP contribution in [0.5, 0.6) is 0 Å². The molecule has 0 aliphatic carbocycles. The molecule has 0 rings (SSSR count). The molecule has 3 N–H and O–H groups in total. The maximum atomic E-state index is 10.7. The van der Waals surface area contributed by atoms with E-state index in [0.29, 0.717) is 0 Å². The molecule has 0 amide bonds. The van der Waals surface area contributed by atoms with Crippen molar-refractivity contribution in [2.24, 2.45) is 0 Å². The zero-order valence-corrected chi connectivity index (χ0v) is 14.1. The monoisotopic (exact) mass is 335 g/mol. The first-order chi connectivity index (χ1) is 6.84. The van der Waals surface area contributed by atoms with Crippen LogP contribution in [0.1, 0.15) is 12.8 Å². The van der Waals surface area contributed by atoms with Crippen LogP contribution in [0.15, 0.2) is 0 Å². The van der Waals surface area contributed by atoms with Crippen LogP contribution in [0.2, 0.25) is 0 Å². The molecule has 83 valence electrons. The van der Waals surface area contributed by atoms with Crippen molar-refractivity contribution in [1.82, 2.24) is 0 Å². The summed E-state index contributed by atoms with van der Waals surface area (Å²) in [7, 11) is 0. The van der Waals surface area contributed by atoms with E-state index in [1.165, 1.54) is 0 Å². The number of carbonyl (C=O) groups is 3. The van der Waals surface area contributed by atoms with Crippen LogP contribution < -0.4 is 0 Å². The second-order valence-electron chi connectivity index (χ2n) is 2.70. The van der Waals surface area contributed by atoms with Gasteiger partial charge in [0, 0.05) is 19.5 Å². The zero-order valence-electron chi connectivity index (χ0n) is 8.21. The van der Waals surface area contributed by atoms with Gasteiger partial charge >= 0.3 is 90.6 Å². The molecule has 0 radical (unpaired) electrons. The minimum atomic E-state index is -2.88. The summed E-state index contributed by atoms with van der Waals surface area (Å²) >= 11 is -2.88. The summed E-state index contributed by atoms with van der Waals surface area (Å²) in [6, 6.07) is 0. The van der Waals surface area contributed by atoms with Crippen LogP contribution in [0, 0.1) is 0 Å². The van der Waals surface area contributed by atoms with E-state index < -0.39 is 53.8 Å². The molecule has 0 atom stereocenters. The summed E-state index contributed by atoms with van der Waals surface area (Å²) in [5.74, 6) is -4.81. The Morgan fingerprint density at radius 1 is 1.06 bits per heavy atom. The Balaban J connectivity index is 0. The number of rotatable bonds is 7. The van der Waals surface area contributed by atoms with Crippen molar-refractivity contribution in [3.63, 3.8) is 0 Å². The van der Waals surface area contributed by atoms with Crippen LogP contribution in [0.4, 0.5) is 0 Å². The molecule has 10 heteroatoms. The van der Waals surface area contributed by atoms with Gasteiger partial charge < -0.3 is 0 Å². The number of hydrogen-bond donors (Lipinski definition) is 3. The number of carboxylic acid groups (broad SMARTS) is 3. The van der Waals surface area contributed by atoms with Crippen LogP contribution in [-0.2, 0) is 58.4 Å². The molecule has 0 fully saturated rings. The molecular weight excluding hydrogens is 331 g/mol. The van der Waals surface area contributed by atoms with Crippen LogP contribution in [0.25, 0.3) is 0 Å². The van der Waals surface area contributed by atoms with Crippen molar-refractivity contribution in [2.75, 3.05) is 0 Å². The molecule has 8 nitrogen and oxygen atoms in total. The molecule has 0 saturated heterocycles. The second kappa shape index (κ2) is 7.65. The second-order valence-corrected chi connectivity index (χ2v) is 3.80. The average Bonchev–Trinajstić information content (AvgIpc) is 2.01. The molecule has 0 aliphatic rings. The third kappa shape index (κ3) is 5.49. The first-order valence-electron chi connectivity index (χ1n) is 3.73. The Hall–Kier alpha value is -0.583. The average molecular weight is 338 g/mol. The van der Waals surface area contributed by atoms with Gasteiger partial charge in [0.1, 0.15) is 0 Å². The van der Waals surface area contributed by atoms with E-state index >= 15 is 0 Å². The zero-order chi connectivity index (χ0) is 12.1. The van der Waals surface area contributed by atoms with E-state index in [0.717, 1.165) is 0 Å². The molecule has 0 bridgehead atoms. The number of carboxylic acids is 3. The first kappa shape index (κ1) is 17.8. The normalized spacial score (nSPS) is 9.75. The Bertz CT molecular complexity index is 285. The molecule has 0 spiro atoms. The van der Waals surface area contributed by atoms with E-state index in [2.05, 4.69) is 3.56 Å². The van der Waals surface area contributed by atoms with E-state index in [1.807, 2.05) is 0 Å². The van der Waals surface area contributed by atoms with Gasteiger partial charge in [0.2, 0.25) is 0 Å².